The van der Waals surface area contributed by atoms with Crippen LogP contribution >= 0.6 is 24.0 Å². The molecule has 1 amide bonds. The first kappa shape index (κ1) is 16.0. The molecule has 17 heavy (non-hydrogen) atoms. The van der Waals surface area contributed by atoms with Crippen molar-refractivity contribution in [1.29, 1.82) is 0 Å². The van der Waals surface area contributed by atoms with E-state index in [1.165, 1.54) is 0 Å². The van der Waals surface area contributed by atoms with Gasteiger partial charge in [0.15, 0.2) is 5.75 Å². The first-order valence-corrected chi connectivity index (χ1v) is 5.37. The zero-order valence-electron chi connectivity index (χ0n) is 9.70. The highest BCUT2D eigenvalue weighted by molar-refractivity contribution is 6.32. The number of nitrogens with one attached hydrogen (secondary N) is 1. The Balaban J connectivity index is 0.00000256. The first-order chi connectivity index (χ1) is 7.54. The Labute approximate surface area is 112 Å². The van der Waals surface area contributed by atoms with E-state index in [1.807, 2.05) is 13.8 Å². The van der Waals surface area contributed by atoms with Crippen LogP contribution in [0.5, 0.6) is 5.75 Å². The van der Waals surface area contributed by atoms with E-state index >= 15 is 0 Å². The summed E-state index contributed by atoms with van der Waals surface area (Å²) in [6.07, 6.45) is -0.0200. The lowest BCUT2D eigenvalue weighted by atomic mass is 10.3. The van der Waals surface area contributed by atoms with Crippen LogP contribution in [0.3, 0.4) is 0 Å². The van der Waals surface area contributed by atoms with E-state index in [4.69, 9.17) is 22.1 Å². The molecule has 0 fully saturated rings. The average molecular weight is 279 g/mol. The molecule has 0 aliphatic heterocycles. The van der Waals surface area contributed by atoms with Crippen molar-refractivity contribution in [3.63, 3.8) is 0 Å². The Morgan fingerprint density at radius 1 is 1.53 bits per heavy atom. The van der Waals surface area contributed by atoms with Crippen LogP contribution in [0.2, 0.25) is 5.02 Å². The number of ether oxygens (including phenoxy) is 1. The van der Waals surface area contributed by atoms with Crippen molar-refractivity contribution >= 4 is 35.6 Å². The van der Waals surface area contributed by atoms with Gasteiger partial charge in [-0.3, -0.25) is 4.79 Å². The normalized spacial score (nSPS) is 9.71. The predicted molar refractivity (Wildman–Crippen MR) is 72.1 cm³/mol. The smallest absolute Gasteiger partial charge is 0.238 e. The maximum absolute atomic E-state index is 11.2. The number of nitrogens with two attached hydrogens (primary N) is 1. The van der Waals surface area contributed by atoms with Gasteiger partial charge in [-0.15, -0.1) is 12.4 Å². The molecule has 3 N–H and O–H groups in total. The molecule has 0 aromatic heterocycles. The van der Waals surface area contributed by atoms with Crippen molar-refractivity contribution in [1.82, 2.24) is 0 Å². The SMILES string of the molecule is CC(C)Oc1c(Cl)cccc1NC(=O)CN.Cl. The molecule has 0 atom stereocenters. The van der Waals surface area contributed by atoms with Crippen LogP contribution in [0.4, 0.5) is 5.69 Å². The first-order valence-electron chi connectivity index (χ1n) is 4.99. The number of carbonyl (C=O) groups excluding carboxylic acids is 1. The summed E-state index contributed by atoms with van der Waals surface area (Å²) >= 11 is 5.99. The summed E-state index contributed by atoms with van der Waals surface area (Å²) in [6.45, 7) is 3.70. The van der Waals surface area contributed by atoms with Gasteiger partial charge in [0.1, 0.15) is 0 Å². The molecule has 0 aliphatic rings. The molecule has 0 unspecified atom stereocenters. The van der Waals surface area contributed by atoms with E-state index in [1.54, 1.807) is 18.2 Å². The van der Waals surface area contributed by atoms with E-state index < -0.39 is 0 Å². The van der Waals surface area contributed by atoms with Crippen LogP contribution in [0.1, 0.15) is 13.8 Å². The van der Waals surface area contributed by atoms with Crippen molar-refractivity contribution in [3.8, 4) is 5.75 Å². The fourth-order valence-electron chi connectivity index (χ4n) is 1.16. The highest BCUT2D eigenvalue weighted by atomic mass is 35.5. The quantitative estimate of drug-likeness (QED) is 0.889. The van der Waals surface area contributed by atoms with E-state index in [9.17, 15) is 4.79 Å². The molecular weight excluding hydrogens is 263 g/mol. The number of amides is 1. The van der Waals surface area contributed by atoms with Gasteiger partial charge in [0.05, 0.1) is 23.4 Å². The zero-order chi connectivity index (χ0) is 12.1. The number of carbonyl (C=O) groups is 1. The summed E-state index contributed by atoms with van der Waals surface area (Å²) < 4.78 is 5.53. The van der Waals surface area contributed by atoms with Crippen molar-refractivity contribution in [2.75, 3.05) is 11.9 Å². The van der Waals surface area contributed by atoms with Crippen LogP contribution in [0.25, 0.3) is 0 Å². The van der Waals surface area contributed by atoms with E-state index in [2.05, 4.69) is 5.32 Å². The lowest BCUT2D eigenvalue weighted by Crippen LogP contribution is -2.22. The molecule has 0 saturated carbocycles. The average Bonchev–Trinajstić information content (AvgIpc) is 2.22. The second kappa shape index (κ2) is 7.37. The minimum absolute atomic E-state index is 0. The van der Waals surface area contributed by atoms with Crippen LogP contribution in [-0.4, -0.2) is 18.6 Å². The molecular formula is C11H16Cl2N2O2. The molecule has 96 valence electrons. The molecule has 6 heteroatoms. The summed E-state index contributed by atoms with van der Waals surface area (Å²) in [5, 5.41) is 3.09. The van der Waals surface area contributed by atoms with Gasteiger partial charge in [-0.25, -0.2) is 0 Å². The molecule has 0 spiro atoms. The Hall–Kier alpha value is -0.970. The van der Waals surface area contributed by atoms with Crippen molar-refractivity contribution in [2.45, 2.75) is 20.0 Å². The molecule has 4 nitrogen and oxygen atoms in total. The molecule has 1 rings (SSSR count). The lowest BCUT2D eigenvalue weighted by molar-refractivity contribution is -0.114. The summed E-state index contributed by atoms with van der Waals surface area (Å²) in [5.41, 5.74) is 5.76. The standard InChI is InChI=1S/C11H15ClN2O2.ClH/c1-7(2)16-11-8(12)4-3-5-9(11)14-10(15)6-13;/h3-5,7H,6,13H2,1-2H3,(H,14,15);1H. The number of benzene rings is 1. The van der Waals surface area contributed by atoms with Crippen LogP contribution < -0.4 is 15.8 Å². The number of rotatable bonds is 4. The van der Waals surface area contributed by atoms with Crippen LogP contribution in [-0.2, 0) is 4.79 Å². The Morgan fingerprint density at radius 2 is 2.18 bits per heavy atom. The highest BCUT2D eigenvalue weighted by Gasteiger charge is 2.11. The summed E-state index contributed by atoms with van der Waals surface area (Å²) in [4.78, 5) is 11.2. The maximum atomic E-state index is 11.2. The Bertz CT molecular complexity index is 384. The minimum atomic E-state index is -0.282. The molecule has 0 saturated heterocycles. The third kappa shape index (κ3) is 4.81. The Kier molecular flexibility index (Phi) is 6.95. The number of anilines is 1. The van der Waals surface area contributed by atoms with E-state index in [0.29, 0.717) is 16.5 Å². The number of para-hydroxylation sites is 1. The van der Waals surface area contributed by atoms with E-state index in [0.717, 1.165) is 0 Å². The molecule has 0 aliphatic carbocycles. The molecule has 0 heterocycles. The second-order valence-electron chi connectivity index (χ2n) is 3.54. The number of halogens is 2. The van der Waals surface area contributed by atoms with Gasteiger partial charge in [0.25, 0.3) is 0 Å². The summed E-state index contributed by atoms with van der Waals surface area (Å²) in [7, 11) is 0. The third-order valence-electron chi connectivity index (χ3n) is 1.78. The number of hydrogen-bond acceptors (Lipinski definition) is 3. The largest absolute Gasteiger partial charge is 0.487 e. The van der Waals surface area contributed by atoms with Gasteiger partial charge in [-0.2, -0.15) is 0 Å². The monoisotopic (exact) mass is 278 g/mol. The van der Waals surface area contributed by atoms with Gasteiger partial charge in [0, 0.05) is 0 Å². The zero-order valence-corrected chi connectivity index (χ0v) is 11.3. The fourth-order valence-corrected chi connectivity index (χ4v) is 1.38. The molecule has 1 aromatic carbocycles. The predicted octanol–water partition coefficient (Wildman–Crippen LogP) is 2.45. The summed E-state index contributed by atoms with van der Waals surface area (Å²) in [5.74, 6) is 0.192. The van der Waals surface area contributed by atoms with Crippen LogP contribution in [0, 0.1) is 0 Å². The van der Waals surface area contributed by atoms with Gasteiger partial charge in [-0.1, -0.05) is 17.7 Å². The Morgan fingerprint density at radius 3 is 2.71 bits per heavy atom. The fraction of sp³-hybridized carbons (Fsp3) is 0.364. The van der Waals surface area contributed by atoms with Gasteiger partial charge in [-0.05, 0) is 26.0 Å². The number of hydrogen-bond donors (Lipinski definition) is 2. The maximum Gasteiger partial charge on any atom is 0.238 e. The van der Waals surface area contributed by atoms with Crippen molar-refractivity contribution in [2.24, 2.45) is 5.73 Å². The molecule has 0 radical (unpaired) electrons. The van der Waals surface area contributed by atoms with Crippen molar-refractivity contribution in [3.05, 3.63) is 23.2 Å². The van der Waals surface area contributed by atoms with Crippen LogP contribution in [0.15, 0.2) is 18.2 Å². The molecule has 0 bridgehead atoms. The third-order valence-corrected chi connectivity index (χ3v) is 2.08. The topological polar surface area (TPSA) is 64.3 Å². The minimum Gasteiger partial charge on any atom is -0.487 e. The van der Waals surface area contributed by atoms with Gasteiger partial charge in [0.2, 0.25) is 5.91 Å². The summed E-state index contributed by atoms with van der Waals surface area (Å²) in [6, 6.07) is 5.16. The van der Waals surface area contributed by atoms with Gasteiger partial charge < -0.3 is 15.8 Å². The molecule has 1 aromatic rings. The second-order valence-corrected chi connectivity index (χ2v) is 3.94. The lowest BCUT2D eigenvalue weighted by Gasteiger charge is -2.15. The van der Waals surface area contributed by atoms with Crippen molar-refractivity contribution < 1.29 is 9.53 Å². The highest BCUT2D eigenvalue weighted by Crippen LogP contribution is 2.33. The van der Waals surface area contributed by atoms with Gasteiger partial charge >= 0.3 is 0 Å². The van der Waals surface area contributed by atoms with E-state index in [-0.39, 0.29) is 31.0 Å².